The summed E-state index contributed by atoms with van der Waals surface area (Å²) in [6.45, 7) is 0. The lowest BCUT2D eigenvalue weighted by atomic mass is 10.1. The number of nitrogens with one attached hydrogen (secondary N) is 2. The molecule has 0 aliphatic rings. The van der Waals surface area contributed by atoms with Gasteiger partial charge in [-0.15, -0.1) is 0 Å². The summed E-state index contributed by atoms with van der Waals surface area (Å²) < 4.78 is 13.5. The van der Waals surface area contributed by atoms with Crippen molar-refractivity contribution in [3.05, 3.63) is 65.5 Å². The molecule has 0 aliphatic carbocycles. The zero-order valence-electron chi connectivity index (χ0n) is 12.2. The Bertz CT molecular complexity index is 686. The van der Waals surface area contributed by atoms with Gasteiger partial charge in [0.05, 0.1) is 11.3 Å². The minimum absolute atomic E-state index is 0.142. The molecule has 0 heterocycles. The van der Waals surface area contributed by atoms with Crippen molar-refractivity contribution < 1.29 is 14.0 Å². The summed E-state index contributed by atoms with van der Waals surface area (Å²) >= 11 is 0. The van der Waals surface area contributed by atoms with Gasteiger partial charge in [-0.3, -0.25) is 9.59 Å². The van der Waals surface area contributed by atoms with Crippen LogP contribution in [0.3, 0.4) is 0 Å². The highest BCUT2D eigenvalue weighted by atomic mass is 19.1. The van der Waals surface area contributed by atoms with Crippen LogP contribution < -0.4 is 10.6 Å². The number of amides is 2. The number of rotatable bonds is 5. The largest absolute Gasteiger partial charge is 0.355 e. The Morgan fingerprint density at radius 3 is 2.45 bits per heavy atom. The zero-order chi connectivity index (χ0) is 15.9. The predicted molar refractivity (Wildman–Crippen MR) is 83.2 cm³/mol. The van der Waals surface area contributed by atoms with Crippen LogP contribution in [0.25, 0.3) is 0 Å². The average Bonchev–Trinajstić information content (AvgIpc) is 2.54. The highest BCUT2D eigenvalue weighted by Gasteiger charge is 2.12. The first kappa shape index (κ1) is 15.7. The van der Waals surface area contributed by atoms with Crippen molar-refractivity contribution in [2.75, 3.05) is 12.4 Å². The van der Waals surface area contributed by atoms with Crippen LogP contribution in [-0.2, 0) is 11.2 Å². The van der Waals surface area contributed by atoms with E-state index in [0.29, 0.717) is 23.2 Å². The molecule has 5 heteroatoms. The van der Waals surface area contributed by atoms with E-state index in [9.17, 15) is 14.0 Å². The monoisotopic (exact) mass is 300 g/mol. The number of benzene rings is 2. The van der Waals surface area contributed by atoms with Gasteiger partial charge in [0.25, 0.3) is 5.91 Å². The molecule has 114 valence electrons. The molecule has 2 N–H and O–H groups in total. The van der Waals surface area contributed by atoms with E-state index >= 15 is 0 Å². The van der Waals surface area contributed by atoms with E-state index in [-0.39, 0.29) is 24.1 Å². The predicted octanol–water partition coefficient (Wildman–Crippen LogP) is 2.76. The van der Waals surface area contributed by atoms with Gasteiger partial charge in [-0.1, -0.05) is 30.3 Å². The molecule has 2 rings (SSSR count). The molecule has 0 saturated heterocycles. The highest BCUT2D eigenvalue weighted by Crippen LogP contribution is 2.16. The third kappa shape index (κ3) is 3.91. The van der Waals surface area contributed by atoms with Crippen molar-refractivity contribution in [2.24, 2.45) is 0 Å². The topological polar surface area (TPSA) is 58.2 Å². The Hall–Kier alpha value is -2.69. The number of carbonyl (C=O) groups is 2. The highest BCUT2D eigenvalue weighted by molar-refractivity contribution is 6.03. The summed E-state index contributed by atoms with van der Waals surface area (Å²) in [6.07, 6.45) is 0.448. The summed E-state index contributed by atoms with van der Waals surface area (Å²) in [7, 11) is 1.53. The number of hydrogen-bond acceptors (Lipinski definition) is 2. The van der Waals surface area contributed by atoms with Crippen LogP contribution in [-0.4, -0.2) is 18.9 Å². The molecule has 0 radical (unpaired) electrons. The SMILES string of the molecule is CNC(=O)c1ccccc1NC(=O)CCc1ccccc1F. The Kier molecular flexibility index (Phi) is 5.25. The van der Waals surface area contributed by atoms with E-state index in [1.165, 1.54) is 13.1 Å². The van der Waals surface area contributed by atoms with Gasteiger partial charge in [0.1, 0.15) is 5.82 Å². The van der Waals surface area contributed by atoms with Gasteiger partial charge in [-0.25, -0.2) is 4.39 Å². The first-order valence-corrected chi connectivity index (χ1v) is 6.96. The molecule has 0 aliphatic heterocycles. The summed E-state index contributed by atoms with van der Waals surface area (Å²) in [5, 5.41) is 5.21. The molecule has 0 aromatic heterocycles. The van der Waals surface area contributed by atoms with Crippen molar-refractivity contribution in [1.29, 1.82) is 0 Å². The smallest absolute Gasteiger partial charge is 0.253 e. The molecule has 0 bridgehead atoms. The first-order chi connectivity index (χ1) is 10.6. The Labute approximate surface area is 128 Å². The summed E-state index contributed by atoms with van der Waals surface area (Å²) in [5.41, 5.74) is 1.34. The third-order valence-electron chi connectivity index (χ3n) is 3.25. The number of halogens is 1. The lowest BCUT2D eigenvalue weighted by molar-refractivity contribution is -0.116. The average molecular weight is 300 g/mol. The molecule has 0 fully saturated rings. The number of anilines is 1. The minimum Gasteiger partial charge on any atom is -0.355 e. The van der Waals surface area contributed by atoms with Gasteiger partial charge in [0.15, 0.2) is 0 Å². The van der Waals surface area contributed by atoms with E-state index in [0.717, 1.165) is 0 Å². The van der Waals surface area contributed by atoms with E-state index in [1.807, 2.05) is 0 Å². The quantitative estimate of drug-likeness (QED) is 0.892. The second-order valence-electron chi connectivity index (χ2n) is 4.76. The number of carbonyl (C=O) groups excluding carboxylic acids is 2. The molecule has 22 heavy (non-hydrogen) atoms. The van der Waals surface area contributed by atoms with Gasteiger partial charge in [0.2, 0.25) is 5.91 Å². The maximum atomic E-state index is 13.5. The fourth-order valence-corrected chi connectivity index (χ4v) is 2.09. The van der Waals surface area contributed by atoms with E-state index in [2.05, 4.69) is 10.6 Å². The molecular formula is C17H17FN2O2. The summed E-state index contributed by atoms with van der Waals surface area (Å²) in [4.78, 5) is 23.7. The van der Waals surface area contributed by atoms with Gasteiger partial charge < -0.3 is 10.6 Å². The summed E-state index contributed by atoms with van der Waals surface area (Å²) in [5.74, 6) is -0.856. The van der Waals surface area contributed by atoms with Gasteiger partial charge in [-0.2, -0.15) is 0 Å². The Morgan fingerprint density at radius 1 is 1.05 bits per heavy atom. The lowest BCUT2D eigenvalue weighted by Crippen LogP contribution is -2.21. The van der Waals surface area contributed by atoms with Crippen LogP contribution >= 0.6 is 0 Å². The van der Waals surface area contributed by atoms with Crippen molar-refractivity contribution in [1.82, 2.24) is 5.32 Å². The molecule has 4 nitrogen and oxygen atoms in total. The van der Waals surface area contributed by atoms with E-state index in [4.69, 9.17) is 0 Å². The second-order valence-corrected chi connectivity index (χ2v) is 4.76. The Balaban J connectivity index is 2.01. The third-order valence-corrected chi connectivity index (χ3v) is 3.25. The van der Waals surface area contributed by atoms with E-state index < -0.39 is 0 Å². The number of para-hydroxylation sites is 1. The van der Waals surface area contributed by atoms with Crippen molar-refractivity contribution >= 4 is 17.5 Å². The zero-order valence-corrected chi connectivity index (χ0v) is 12.2. The van der Waals surface area contributed by atoms with Crippen molar-refractivity contribution in [3.63, 3.8) is 0 Å². The molecule has 0 spiro atoms. The van der Waals surface area contributed by atoms with Crippen LogP contribution in [0.5, 0.6) is 0 Å². The second kappa shape index (κ2) is 7.36. The molecular weight excluding hydrogens is 283 g/mol. The van der Waals surface area contributed by atoms with Crippen molar-refractivity contribution in [2.45, 2.75) is 12.8 Å². The standard InChI is InChI=1S/C17H17FN2O2/c1-19-17(22)13-7-3-5-9-15(13)20-16(21)11-10-12-6-2-4-8-14(12)18/h2-9H,10-11H2,1H3,(H,19,22)(H,20,21). The lowest BCUT2D eigenvalue weighted by Gasteiger charge is -2.10. The summed E-state index contributed by atoms with van der Waals surface area (Å²) in [6, 6.07) is 13.1. The van der Waals surface area contributed by atoms with Crippen LogP contribution in [0.2, 0.25) is 0 Å². The molecule has 2 aromatic rings. The molecule has 0 saturated carbocycles. The fraction of sp³-hybridized carbons (Fsp3) is 0.176. The van der Waals surface area contributed by atoms with Gasteiger partial charge in [0, 0.05) is 13.5 Å². The van der Waals surface area contributed by atoms with Crippen molar-refractivity contribution in [3.8, 4) is 0 Å². The number of aryl methyl sites for hydroxylation is 1. The normalized spacial score (nSPS) is 10.1. The maximum Gasteiger partial charge on any atom is 0.253 e. The van der Waals surface area contributed by atoms with Gasteiger partial charge >= 0.3 is 0 Å². The van der Waals surface area contributed by atoms with Crippen LogP contribution in [0.1, 0.15) is 22.3 Å². The molecule has 0 unspecified atom stereocenters. The number of hydrogen-bond donors (Lipinski definition) is 2. The van der Waals surface area contributed by atoms with Gasteiger partial charge in [-0.05, 0) is 30.2 Å². The molecule has 0 atom stereocenters. The molecule has 2 amide bonds. The minimum atomic E-state index is -0.318. The van der Waals surface area contributed by atoms with Crippen LogP contribution in [0.15, 0.2) is 48.5 Å². The van der Waals surface area contributed by atoms with E-state index in [1.54, 1.807) is 42.5 Å². The molecule has 2 aromatic carbocycles. The van der Waals surface area contributed by atoms with Crippen LogP contribution in [0, 0.1) is 5.82 Å². The fourth-order valence-electron chi connectivity index (χ4n) is 2.09. The Morgan fingerprint density at radius 2 is 1.73 bits per heavy atom. The first-order valence-electron chi connectivity index (χ1n) is 6.96. The van der Waals surface area contributed by atoms with Crippen LogP contribution in [0.4, 0.5) is 10.1 Å². The maximum absolute atomic E-state index is 13.5.